The molecule has 0 saturated heterocycles. The first-order valence-corrected chi connectivity index (χ1v) is 1.13. The Morgan fingerprint density at radius 3 is 1.20 bits per heavy atom. The third-order valence-electron chi connectivity index (χ3n) is 0.1000. The Morgan fingerprint density at radius 2 is 1.20 bits per heavy atom. The summed E-state index contributed by atoms with van der Waals surface area (Å²) in [6.45, 7) is -0.250. The molecule has 0 spiro atoms. The summed E-state index contributed by atoms with van der Waals surface area (Å²) in [5.74, 6) is 0. The average Bonchev–Trinajstić information content (AvgIpc) is 1.37. The fourth-order valence-electron chi connectivity index (χ4n) is 0. The molecule has 0 bridgehead atoms. The zero-order chi connectivity index (χ0) is 3.41. The fraction of sp³-hybridized carbons (Fsp3) is 1.00. The van der Waals surface area contributed by atoms with E-state index in [2.05, 4.69) is 0 Å². The van der Waals surface area contributed by atoms with Crippen molar-refractivity contribution in [1.29, 1.82) is 0 Å². The first-order chi connectivity index (χ1) is 1.91. The fourth-order valence-corrected chi connectivity index (χ4v) is 0. The van der Waals surface area contributed by atoms with Crippen LogP contribution in [0.25, 0.3) is 0 Å². The summed E-state index contributed by atoms with van der Waals surface area (Å²) < 4.78 is 0. The van der Waals surface area contributed by atoms with Gasteiger partial charge in [0.25, 0.3) is 0 Å². The number of hydrogen-bond acceptors (Lipinski definition) is 2. The summed E-state index contributed by atoms with van der Waals surface area (Å²) in [6.07, 6.45) is 0. The van der Waals surface area contributed by atoms with Crippen molar-refractivity contribution in [2.75, 3.05) is 13.2 Å². The maximum Gasteiger partial charge on any atom is 0.0662 e. The quantitative estimate of drug-likeness (QED) is 0.442. The van der Waals surface area contributed by atoms with Crippen LogP contribution < -0.4 is 0 Å². The molecule has 0 aromatic heterocycles. The van der Waals surface area contributed by atoms with E-state index in [1.165, 1.54) is 0 Å². The monoisotopic (exact) mass is 126 g/mol. The van der Waals surface area contributed by atoms with E-state index in [0.717, 1.165) is 0 Å². The Hall–Kier alpha value is 0.543. The van der Waals surface area contributed by atoms with Crippen LogP contribution >= 0.6 is 0 Å². The van der Waals surface area contributed by atoms with Gasteiger partial charge in [-0.25, -0.2) is 0 Å². The molecule has 28 valence electrons. The zero-order valence-corrected chi connectivity index (χ0v) is 5.98. The van der Waals surface area contributed by atoms with Crippen molar-refractivity contribution < 1.29 is 29.7 Å². The van der Waals surface area contributed by atoms with E-state index in [9.17, 15) is 0 Å². The van der Waals surface area contributed by atoms with Crippen molar-refractivity contribution in [2.45, 2.75) is 0 Å². The van der Waals surface area contributed by atoms with Crippen LogP contribution in [0.4, 0.5) is 0 Å². The molecular weight excluding hydrogens is 121 g/mol. The Balaban J connectivity index is 0. The summed E-state index contributed by atoms with van der Waals surface area (Å²) in [7, 11) is 0. The predicted molar refractivity (Wildman–Crippen MR) is 14.2 cm³/mol. The number of rotatable bonds is 1. The second-order valence-electron chi connectivity index (χ2n) is 0.447. The van der Waals surface area contributed by atoms with E-state index in [1.54, 1.807) is 0 Å². The van der Waals surface area contributed by atoms with Gasteiger partial charge in [-0.3, -0.25) is 0 Å². The average molecular weight is 127 g/mol. The van der Waals surface area contributed by atoms with E-state index >= 15 is 0 Å². The molecule has 0 radical (unpaired) electrons. The molecule has 0 fully saturated rings. The summed E-state index contributed by atoms with van der Waals surface area (Å²) in [4.78, 5) is 0. The van der Waals surface area contributed by atoms with Crippen molar-refractivity contribution in [2.24, 2.45) is 0 Å². The van der Waals surface area contributed by atoms with Crippen LogP contribution in [0.2, 0.25) is 0 Å². The molecule has 2 nitrogen and oxygen atoms in total. The molecule has 0 amide bonds. The molecule has 0 aromatic rings. The molecule has 0 unspecified atom stereocenters. The van der Waals surface area contributed by atoms with Crippen LogP contribution in [-0.4, -0.2) is 23.4 Å². The number of hydrogen-bond donors (Lipinski definition) is 2. The molecule has 5 heavy (non-hydrogen) atoms. The Morgan fingerprint density at radius 1 is 1.00 bits per heavy atom. The smallest absolute Gasteiger partial charge is 0.0662 e. The minimum atomic E-state index is -0.125. The summed E-state index contributed by atoms with van der Waals surface area (Å²) in [5, 5.41) is 15.2. The predicted octanol–water partition coefficient (Wildman–Crippen LogP) is -1.03. The van der Waals surface area contributed by atoms with Crippen molar-refractivity contribution in [3.05, 3.63) is 0 Å². The van der Waals surface area contributed by atoms with Gasteiger partial charge in [0, 0.05) is 19.5 Å². The van der Waals surface area contributed by atoms with Gasteiger partial charge < -0.3 is 10.2 Å². The van der Waals surface area contributed by atoms with Gasteiger partial charge in [-0.2, -0.15) is 0 Å². The summed E-state index contributed by atoms with van der Waals surface area (Å²) in [6, 6.07) is 0. The molecule has 0 aliphatic carbocycles. The van der Waals surface area contributed by atoms with E-state index in [0.29, 0.717) is 0 Å². The van der Waals surface area contributed by atoms with Gasteiger partial charge in [-0.15, -0.1) is 0 Å². The molecular formula is C2H6O2Zn. The number of aliphatic hydroxyl groups excluding tert-OH is 2. The van der Waals surface area contributed by atoms with Crippen molar-refractivity contribution in [1.82, 2.24) is 0 Å². The van der Waals surface area contributed by atoms with Gasteiger partial charge in [0.1, 0.15) is 0 Å². The topological polar surface area (TPSA) is 40.5 Å². The van der Waals surface area contributed by atoms with Crippen LogP contribution in [0.1, 0.15) is 0 Å². The van der Waals surface area contributed by atoms with Gasteiger partial charge in [0.15, 0.2) is 0 Å². The molecule has 0 heterocycles. The van der Waals surface area contributed by atoms with E-state index in [1.807, 2.05) is 0 Å². The Kier molecular flexibility index (Phi) is 16.1. The van der Waals surface area contributed by atoms with Crippen molar-refractivity contribution in [3.8, 4) is 0 Å². The molecule has 3 heteroatoms. The normalized spacial score (nSPS) is 6.00. The second kappa shape index (κ2) is 8.82. The minimum absolute atomic E-state index is 0. The third-order valence-corrected chi connectivity index (χ3v) is 0.1000. The largest absolute Gasteiger partial charge is 0.394 e. The maximum absolute atomic E-state index is 7.62. The van der Waals surface area contributed by atoms with E-state index in [-0.39, 0.29) is 32.7 Å². The first-order valence-electron chi connectivity index (χ1n) is 1.13. The Labute approximate surface area is 43.6 Å². The van der Waals surface area contributed by atoms with Gasteiger partial charge in [-0.1, -0.05) is 0 Å². The summed E-state index contributed by atoms with van der Waals surface area (Å²) in [5.41, 5.74) is 0. The van der Waals surface area contributed by atoms with Gasteiger partial charge in [0.2, 0.25) is 0 Å². The van der Waals surface area contributed by atoms with Crippen LogP contribution in [0.15, 0.2) is 0 Å². The van der Waals surface area contributed by atoms with Gasteiger partial charge in [0.05, 0.1) is 13.2 Å². The molecule has 2 N–H and O–H groups in total. The number of aliphatic hydroxyl groups is 2. The van der Waals surface area contributed by atoms with Gasteiger partial charge in [-0.05, 0) is 0 Å². The molecule has 0 atom stereocenters. The standard InChI is InChI=1S/C2H6O2.Zn/c3-1-2-4;/h3-4H,1-2H2;. The molecule has 0 saturated carbocycles. The SMILES string of the molecule is OCCO.[Zn]. The minimum Gasteiger partial charge on any atom is -0.394 e. The van der Waals surface area contributed by atoms with Crippen molar-refractivity contribution >= 4 is 0 Å². The summed E-state index contributed by atoms with van der Waals surface area (Å²) >= 11 is 0. The Bertz CT molecular complexity index is 9.61. The first kappa shape index (κ1) is 9.11. The van der Waals surface area contributed by atoms with Crippen molar-refractivity contribution in [3.63, 3.8) is 0 Å². The molecule has 0 aliphatic rings. The molecule has 0 aliphatic heterocycles. The van der Waals surface area contributed by atoms with Crippen LogP contribution in [0, 0.1) is 0 Å². The zero-order valence-electron chi connectivity index (χ0n) is 3.02. The van der Waals surface area contributed by atoms with Crippen LogP contribution in [0.5, 0.6) is 0 Å². The van der Waals surface area contributed by atoms with Gasteiger partial charge >= 0.3 is 0 Å². The maximum atomic E-state index is 7.62. The van der Waals surface area contributed by atoms with Crippen LogP contribution in [0.3, 0.4) is 0 Å². The third kappa shape index (κ3) is 12.3. The molecule has 0 aromatic carbocycles. The van der Waals surface area contributed by atoms with E-state index < -0.39 is 0 Å². The molecule has 0 rings (SSSR count). The van der Waals surface area contributed by atoms with E-state index in [4.69, 9.17) is 10.2 Å². The van der Waals surface area contributed by atoms with Crippen LogP contribution in [-0.2, 0) is 19.5 Å². The second-order valence-corrected chi connectivity index (χ2v) is 0.447.